The number of hydrogen-bond acceptors (Lipinski definition) is 3. The summed E-state index contributed by atoms with van der Waals surface area (Å²) in [5.41, 5.74) is 2.73. The van der Waals surface area contributed by atoms with E-state index in [0.29, 0.717) is 18.5 Å². The summed E-state index contributed by atoms with van der Waals surface area (Å²) >= 11 is 0. The molecule has 0 aromatic heterocycles. The van der Waals surface area contributed by atoms with E-state index in [4.69, 9.17) is 5.11 Å². The molecule has 1 unspecified atom stereocenters. The van der Waals surface area contributed by atoms with E-state index in [2.05, 4.69) is 5.32 Å². The fraction of sp³-hybridized carbons (Fsp3) is 0.500. The predicted molar refractivity (Wildman–Crippen MR) is 79.2 cm³/mol. The number of hydrogen-bond donors (Lipinski definition) is 2. The summed E-state index contributed by atoms with van der Waals surface area (Å²) < 4.78 is 0. The summed E-state index contributed by atoms with van der Waals surface area (Å²) in [6.07, 6.45) is 1.23. The van der Waals surface area contributed by atoms with Crippen LogP contribution in [0, 0.1) is 13.8 Å². The zero-order chi connectivity index (χ0) is 15.1. The van der Waals surface area contributed by atoms with Gasteiger partial charge in [-0.1, -0.05) is 30.7 Å². The quantitative estimate of drug-likeness (QED) is 0.717. The van der Waals surface area contributed by atoms with Gasteiger partial charge in [0.2, 0.25) is 0 Å². The van der Waals surface area contributed by atoms with Gasteiger partial charge in [-0.15, -0.1) is 0 Å². The third-order valence-corrected chi connectivity index (χ3v) is 3.25. The van der Waals surface area contributed by atoms with E-state index in [9.17, 15) is 9.59 Å². The van der Waals surface area contributed by atoms with Gasteiger partial charge in [-0.3, -0.25) is 9.59 Å². The van der Waals surface area contributed by atoms with Crippen LogP contribution < -0.4 is 5.32 Å². The molecule has 1 aromatic carbocycles. The molecule has 0 amide bonds. The first-order chi connectivity index (χ1) is 9.45. The Bertz CT molecular complexity index is 483. The first kappa shape index (κ1) is 16.4. The highest BCUT2D eigenvalue weighted by molar-refractivity contribution is 6.01. The smallest absolute Gasteiger partial charge is 0.303 e. The van der Waals surface area contributed by atoms with Crippen LogP contribution in [0.15, 0.2) is 18.2 Å². The second-order valence-electron chi connectivity index (χ2n) is 5.12. The van der Waals surface area contributed by atoms with Crippen molar-refractivity contribution >= 4 is 11.8 Å². The van der Waals surface area contributed by atoms with Gasteiger partial charge >= 0.3 is 5.97 Å². The summed E-state index contributed by atoms with van der Waals surface area (Å²) in [5.74, 6) is -0.890. The number of carbonyl (C=O) groups is 2. The molecule has 2 N–H and O–H groups in total. The van der Waals surface area contributed by atoms with Gasteiger partial charge < -0.3 is 10.4 Å². The summed E-state index contributed by atoms with van der Waals surface area (Å²) in [5, 5.41) is 11.9. The van der Waals surface area contributed by atoms with Gasteiger partial charge in [-0.2, -0.15) is 0 Å². The number of rotatable bonds is 8. The second kappa shape index (κ2) is 7.80. The third kappa shape index (κ3) is 4.78. The Balaban J connectivity index is 2.87. The standard InChI is InChI=1S/C16H23NO3/c1-4-9-17-14(7-8-15(18)19)16(20)13-6-5-11(2)10-12(13)3/h5-6,10,14,17H,4,7-9H2,1-3H3,(H,18,19). The minimum atomic E-state index is -0.873. The fourth-order valence-electron chi connectivity index (χ4n) is 2.19. The zero-order valence-corrected chi connectivity index (χ0v) is 12.4. The van der Waals surface area contributed by atoms with Gasteiger partial charge in [0.1, 0.15) is 0 Å². The first-order valence-electron chi connectivity index (χ1n) is 7.02. The van der Waals surface area contributed by atoms with E-state index in [1.54, 1.807) is 0 Å². The topological polar surface area (TPSA) is 66.4 Å². The molecular weight excluding hydrogens is 254 g/mol. The lowest BCUT2D eigenvalue weighted by atomic mass is 9.95. The summed E-state index contributed by atoms with van der Waals surface area (Å²) in [6.45, 7) is 6.62. The molecule has 1 rings (SSSR count). The molecular formula is C16H23NO3. The van der Waals surface area contributed by atoms with Gasteiger partial charge in [0.25, 0.3) is 0 Å². The van der Waals surface area contributed by atoms with Gasteiger partial charge in [0, 0.05) is 12.0 Å². The van der Waals surface area contributed by atoms with Crippen molar-refractivity contribution in [2.24, 2.45) is 0 Å². The highest BCUT2D eigenvalue weighted by atomic mass is 16.4. The van der Waals surface area contributed by atoms with Crippen LogP contribution in [0.25, 0.3) is 0 Å². The first-order valence-corrected chi connectivity index (χ1v) is 7.02. The summed E-state index contributed by atoms with van der Waals surface area (Å²) in [7, 11) is 0. The Kier molecular flexibility index (Phi) is 6.39. The van der Waals surface area contributed by atoms with Crippen molar-refractivity contribution < 1.29 is 14.7 Å². The molecule has 0 heterocycles. The largest absolute Gasteiger partial charge is 0.481 e. The SMILES string of the molecule is CCCNC(CCC(=O)O)C(=O)c1ccc(C)cc1C. The molecule has 1 atom stereocenters. The van der Waals surface area contributed by atoms with Crippen molar-refractivity contribution in [2.45, 2.75) is 46.1 Å². The second-order valence-corrected chi connectivity index (χ2v) is 5.12. The fourth-order valence-corrected chi connectivity index (χ4v) is 2.19. The molecule has 20 heavy (non-hydrogen) atoms. The Morgan fingerprint density at radius 2 is 2.00 bits per heavy atom. The van der Waals surface area contributed by atoms with Gasteiger partial charge in [0.15, 0.2) is 5.78 Å². The van der Waals surface area contributed by atoms with E-state index in [1.165, 1.54) is 0 Å². The molecule has 0 saturated carbocycles. The maximum Gasteiger partial charge on any atom is 0.303 e. The highest BCUT2D eigenvalue weighted by Gasteiger charge is 2.21. The van der Waals surface area contributed by atoms with Crippen LogP contribution in [0.4, 0.5) is 0 Å². The Morgan fingerprint density at radius 3 is 2.55 bits per heavy atom. The van der Waals surface area contributed by atoms with E-state index in [-0.39, 0.29) is 12.2 Å². The van der Waals surface area contributed by atoms with Crippen molar-refractivity contribution in [1.29, 1.82) is 0 Å². The van der Waals surface area contributed by atoms with Crippen LogP contribution in [0.5, 0.6) is 0 Å². The van der Waals surface area contributed by atoms with Gasteiger partial charge in [-0.05, 0) is 38.8 Å². The number of aryl methyl sites for hydroxylation is 2. The van der Waals surface area contributed by atoms with E-state index in [1.807, 2.05) is 39.0 Å². The Morgan fingerprint density at radius 1 is 1.30 bits per heavy atom. The average molecular weight is 277 g/mol. The lowest BCUT2D eigenvalue weighted by Gasteiger charge is -2.18. The zero-order valence-electron chi connectivity index (χ0n) is 12.4. The molecule has 0 aliphatic carbocycles. The van der Waals surface area contributed by atoms with E-state index in [0.717, 1.165) is 17.5 Å². The van der Waals surface area contributed by atoms with Crippen molar-refractivity contribution in [2.75, 3.05) is 6.54 Å². The molecule has 0 saturated heterocycles. The van der Waals surface area contributed by atoms with E-state index >= 15 is 0 Å². The lowest BCUT2D eigenvalue weighted by Crippen LogP contribution is -2.38. The molecule has 0 fully saturated rings. The van der Waals surface area contributed by atoms with Crippen LogP contribution >= 0.6 is 0 Å². The van der Waals surface area contributed by atoms with Crippen molar-refractivity contribution in [3.63, 3.8) is 0 Å². The number of benzene rings is 1. The lowest BCUT2D eigenvalue weighted by molar-refractivity contribution is -0.137. The number of carbonyl (C=O) groups excluding carboxylic acids is 1. The normalized spacial score (nSPS) is 12.2. The van der Waals surface area contributed by atoms with Crippen LogP contribution in [0.2, 0.25) is 0 Å². The maximum absolute atomic E-state index is 12.5. The van der Waals surface area contributed by atoms with E-state index < -0.39 is 12.0 Å². The molecule has 0 aliphatic rings. The predicted octanol–water partition coefficient (Wildman–Crippen LogP) is 2.72. The van der Waals surface area contributed by atoms with Gasteiger partial charge in [0.05, 0.1) is 6.04 Å². The molecule has 0 spiro atoms. The Hall–Kier alpha value is -1.68. The van der Waals surface area contributed by atoms with Crippen molar-refractivity contribution in [3.05, 3.63) is 34.9 Å². The summed E-state index contributed by atoms with van der Waals surface area (Å²) in [6, 6.07) is 5.29. The van der Waals surface area contributed by atoms with Crippen LogP contribution in [-0.4, -0.2) is 29.4 Å². The maximum atomic E-state index is 12.5. The van der Waals surface area contributed by atoms with Crippen LogP contribution in [-0.2, 0) is 4.79 Å². The van der Waals surface area contributed by atoms with Crippen molar-refractivity contribution in [3.8, 4) is 0 Å². The Labute approximate surface area is 120 Å². The van der Waals surface area contributed by atoms with Crippen LogP contribution in [0.1, 0.15) is 47.7 Å². The number of ketones is 1. The number of carboxylic acids is 1. The third-order valence-electron chi connectivity index (χ3n) is 3.25. The number of Topliss-reactive ketones (excluding diaryl/α,β-unsaturated/α-hetero) is 1. The highest BCUT2D eigenvalue weighted by Crippen LogP contribution is 2.15. The molecule has 4 nitrogen and oxygen atoms in total. The molecule has 110 valence electrons. The number of nitrogens with one attached hydrogen (secondary N) is 1. The molecule has 1 aromatic rings. The number of carboxylic acid groups (broad SMARTS) is 1. The molecule has 0 radical (unpaired) electrons. The van der Waals surface area contributed by atoms with Crippen molar-refractivity contribution in [1.82, 2.24) is 5.32 Å². The average Bonchev–Trinajstić information content (AvgIpc) is 2.38. The monoisotopic (exact) mass is 277 g/mol. The molecule has 4 heteroatoms. The minimum Gasteiger partial charge on any atom is -0.481 e. The summed E-state index contributed by atoms with van der Waals surface area (Å²) in [4.78, 5) is 23.2. The number of aliphatic carboxylic acids is 1. The molecule has 0 aliphatic heterocycles. The molecule has 0 bridgehead atoms. The minimum absolute atomic E-state index is 0.00195. The van der Waals surface area contributed by atoms with Gasteiger partial charge in [-0.25, -0.2) is 0 Å². The van der Waals surface area contributed by atoms with Crippen LogP contribution in [0.3, 0.4) is 0 Å².